The van der Waals surface area contributed by atoms with Crippen molar-refractivity contribution < 1.29 is 22.8 Å². The van der Waals surface area contributed by atoms with E-state index < -0.39 is 40.4 Å². The quantitative estimate of drug-likeness (QED) is 0.668. The maximum atomic E-state index is 13.9. The topological polar surface area (TPSA) is 87.8 Å². The summed E-state index contributed by atoms with van der Waals surface area (Å²) in [5.74, 6) is -4.35. The van der Waals surface area contributed by atoms with Crippen LogP contribution >= 0.6 is 11.6 Å². The number of anilines is 1. The predicted molar refractivity (Wildman–Crippen MR) is 118 cm³/mol. The molecule has 3 aliphatic carbocycles. The van der Waals surface area contributed by atoms with Gasteiger partial charge in [-0.2, -0.15) is 0 Å². The van der Waals surface area contributed by atoms with Crippen LogP contribution in [0.25, 0.3) is 0 Å². The maximum absolute atomic E-state index is 13.9. The van der Waals surface area contributed by atoms with Gasteiger partial charge in [0.1, 0.15) is 5.67 Å². The van der Waals surface area contributed by atoms with Crippen LogP contribution < -0.4 is 11.1 Å². The van der Waals surface area contributed by atoms with E-state index in [1.165, 1.54) is 11.8 Å². The predicted octanol–water partition coefficient (Wildman–Crippen LogP) is 4.37. The molecule has 6 nitrogen and oxygen atoms in total. The minimum atomic E-state index is -2.75. The molecular weight excluding hydrogens is 457 g/mol. The number of aliphatic imine (C=N–C) groups is 1. The Morgan fingerprint density at radius 2 is 1.97 bits per heavy atom. The number of carbonyl (C=O) groups is 2. The third kappa shape index (κ3) is 3.33. The summed E-state index contributed by atoms with van der Waals surface area (Å²) in [4.78, 5) is 31.5. The van der Waals surface area contributed by atoms with Gasteiger partial charge in [0.25, 0.3) is 5.92 Å². The van der Waals surface area contributed by atoms with Gasteiger partial charge in [0.2, 0.25) is 11.8 Å². The van der Waals surface area contributed by atoms with Gasteiger partial charge >= 0.3 is 0 Å². The fourth-order valence-electron chi connectivity index (χ4n) is 5.41. The minimum absolute atomic E-state index is 0.0289. The Balaban J connectivity index is 1.39. The molecule has 1 aromatic rings. The van der Waals surface area contributed by atoms with Gasteiger partial charge in [0, 0.05) is 36.8 Å². The monoisotopic (exact) mass is 482 g/mol. The molecule has 3 fully saturated rings. The second-order valence-corrected chi connectivity index (χ2v) is 10.7. The molecule has 3 N–H and O–H groups in total. The zero-order valence-corrected chi connectivity index (χ0v) is 19.2. The van der Waals surface area contributed by atoms with Crippen molar-refractivity contribution in [2.45, 2.75) is 75.5 Å². The fraction of sp³-hybridized carbons (Fsp3) is 0.609. The number of hydrogen-bond acceptors (Lipinski definition) is 4. The molecule has 178 valence electrons. The highest BCUT2D eigenvalue weighted by molar-refractivity contribution is 6.34. The summed E-state index contributed by atoms with van der Waals surface area (Å²) in [6, 6.07) is 4.56. The van der Waals surface area contributed by atoms with E-state index in [0.717, 1.165) is 0 Å². The molecule has 3 saturated carbocycles. The number of alkyl halides is 3. The summed E-state index contributed by atoms with van der Waals surface area (Å²) in [6.45, 7) is 3.19. The van der Waals surface area contributed by atoms with E-state index in [1.54, 1.807) is 25.1 Å². The summed E-state index contributed by atoms with van der Waals surface area (Å²) in [5, 5.41) is 2.92. The Labute approximate surface area is 194 Å². The largest absolute Gasteiger partial charge is 0.369 e. The second kappa shape index (κ2) is 6.87. The van der Waals surface area contributed by atoms with E-state index in [1.807, 2.05) is 0 Å². The van der Waals surface area contributed by atoms with Crippen LogP contribution in [-0.2, 0) is 15.1 Å². The van der Waals surface area contributed by atoms with Crippen molar-refractivity contribution in [3.05, 3.63) is 28.8 Å². The lowest BCUT2D eigenvalue weighted by Crippen LogP contribution is -2.56. The third-order valence-electron chi connectivity index (χ3n) is 7.93. The number of nitrogens with two attached hydrogens (primary N) is 1. The van der Waals surface area contributed by atoms with Gasteiger partial charge in [-0.3, -0.25) is 14.5 Å². The lowest BCUT2D eigenvalue weighted by Gasteiger charge is -2.43. The number of fused-ring (bicyclic) bond motifs is 1. The molecule has 1 aliphatic heterocycles. The van der Waals surface area contributed by atoms with Crippen molar-refractivity contribution in [1.29, 1.82) is 0 Å². The average Bonchev–Trinajstić information content (AvgIpc) is 3.51. The first-order valence-electron chi connectivity index (χ1n) is 11.2. The van der Waals surface area contributed by atoms with E-state index in [4.69, 9.17) is 17.3 Å². The molecule has 1 heterocycles. The lowest BCUT2D eigenvalue weighted by molar-refractivity contribution is -0.136. The Morgan fingerprint density at radius 3 is 2.55 bits per heavy atom. The number of nitrogens with one attached hydrogen (secondary N) is 1. The van der Waals surface area contributed by atoms with Crippen molar-refractivity contribution in [2.24, 2.45) is 22.1 Å². The molecular formula is C23H26ClF3N4O2. The van der Waals surface area contributed by atoms with Crippen LogP contribution in [0, 0.1) is 11.3 Å². The van der Waals surface area contributed by atoms with Crippen molar-refractivity contribution in [3.8, 4) is 0 Å². The number of nitrogens with zero attached hydrogens (tertiary/aromatic N) is 2. The van der Waals surface area contributed by atoms with Gasteiger partial charge in [0.05, 0.1) is 28.1 Å². The van der Waals surface area contributed by atoms with Crippen LogP contribution in [0.2, 0.25) is 5.02 Å². The van der Waals surface area contributed by atoms with Crippen LogP contribution in [0.5, 0.6) is 0 Å². The van der Waals surface area contributed by atoms with Crippen LogP contribution in [0.15, 0.2) is 23.2 Å². The molecule has 0 saturated heterocycles. The van der Waals surface area contributed by atoms with Gasteiger partial charge in [-0.25, -0.2) is 18.2 Å². The van der Waals surface area contributed by atoms with Gasteiger partial charge in [-0.05, 0) is 25.8 Å². The lowest BCUT2D eigenvalue weighted by atomic mass is 9.81. The zero-order chi connectivity index (χ0) is 24.0. The normalized spacial score (nSPS) is 38.9. The molecule has 3 atom stereocenters. The Bertz CT molecular complexity index is 1090. The molecule has 2 amide bonds. The van der Waals surface area contributed by atoms with Crippen LogP contribution in [0.4, 0.5) is 18.9 Å². The first-order chi connectivity index (χ1) is 15.3. The number of amides is 2. The molecule has 33 heavy (non-hydrogen) atoms. The smallest absolute Gasteiger partial charge is 0.250 e. The van der Waals surface area contributed by atoms with E-state index in [2.05, 4.69) is 10.3 Å². The first-order valence-corrected chi connectivity index (χ1v) is 11.5. The summed E-state index contributed by atoms with van der Waals surface area (Å²) >= 11 is 6.60. The van der Waals surface area contributed by atoms with Crippen LogP contribution in [-0.4, -0.2) is 40.3 Å². The van der Waals surface area contributed by atoms with Crippen molar-refractivity contribution in [2.75, 3.05) is 5.32 Å². The number of rotatable bonds is 4. The zero-order valence-electron chi connectivity index (χ0n) is 18.4. The van der Waals surface area contributed by atoms with E-state index in [-0.39, 0.29) is 55.4 Å². The van der Waals surface area contributed by atoms with E-state index >= 15 is 0 Å². The van der Waals surface area contributed by atoms with E-state index in [0.29, 0.717) is 11.3 Å². The van der Waals surface area contributed by atoms with Crippen molar-refractivity contribution >= 4 is 35.1 Å². The molecule has 5 rings (SSSR count). The van der Waals surface area contributed by atoms with E-state index in [9.17, 15) is 22.8 Å². The molecule has 4 aliphatic rings. The Kier molecular flexibility index (Phi) is 4.68. The standard InChI is InChI=1S/C23H26ClF3N4O2/c1-12-8-13(6-7-23(12,26)27)31-16(32)9-20(2,30-19(31)28)14-4-3-5-15(17(14)24)29-18(33)21-10-22(21,25)11-21/h3-5,12-13H,6-11H2,1-2H3,(H2,28,30)(H,29,33)/t12-,13-,20+,21?,22?/m1/s1. The maximum Gasteiger partial charge on any atom is 0.250 e. The number of guanidine groups is 1. The molecule has 0 radical (unpaired) electrons. The Hall–Kier alpha value is -2.29. The first kappa shape index (κ1) is 22.5. The van der Waals surface area contributed by atoms with Crippen LogP contribution in [0.3, 0.4) is 0 Å². The average molecular weight is 483 g/mol. The van der Waals surface area contributed by atoms with Gasteiger partial charge < -0.3 is 11.1 Å². The SMILES string of the molecule is C[C@@H]1C[C@H](N2C(=O)C[C@@](C)(c3cccc(NC(=O)C45CC4(F)C5)c3Cl)N=C2N)CCC1(F)F. The second-order valence-electron chi connectivity index (χ2n) is 10.3. The highest BCUT2D eigenvalue weighted by Crippen LogP contribution is 2.81. The van der Waals surface area contributed by atoms with Gasteiger partial charge in [-0.15, -0.1) is 0 Å². The molecule has 10 heteroatoms. The molecule has 0 unspecified atom stereocenters. The number of carbonyl (C=O) groups excluding carboxylic acids is 2. The third-order valence-corrected chi connectivity index (χ3v) is 8.34. The number of halogens is 4. The molecule has 0 bridgehead atoms. The summed E-state index contributed by atoms with van der Waals surface area (Å²) in [7, 11) is 0. The van der Waals surface area contributed by atoms with Crippen molar-refractivity contribution in [1.82, 2.24) is 4.90 Å². The van der Waals surface area contributed by atoms with Crippen molar-refractivity contribution in [3.63, 3.8) is 0 Å². The van der Waals surface area contributed by atoms with Gasteiger partial charge in [-0.1, -0.05) is 30.7 Å². The molecule has 0 spiro atoms. The molecule has 0 aromatic heterocycles. The van der Waals surface area contributed by atoms with Gasteiger partial charge in [0.15, 0.2) is 5.96 Å². The summed E-state index contributed by atoms with van der Waals surface area (Å²) in [6.07, 6.45) is 0.406. The van der Waals surface area contributed by atoms with Crippen LogP contribution in [0.1, 0.15) is 57.9 Å². The minimum Gasteiger partial charge on any atom is -0.369 e. The number of benzene rings is 1. The Morgan fingerprint density at radius 1 is 1.30 bits per heavy atom. The highest BCUT2D eigenvalue weighted by Gasteiger charge is 2.89. The summed E-state index contributed by atoms with van der Waals surface area (Å²) in [5.41, 5.74) is 3.62. The number of hydrogen-bond donors (Lipinski definition) is 2. The molecule has 1 aromatic carbocycles. The highest BCUT2D eigenvalue weighted by atomic mass is 35.5. The fourth-order valence-corrected chi connectivity index (χ4v) is 5.78. The summed E-state index contributed by atoms with van der Waals surface area (Å²) < 4.78 is 41.8.